The Labute approximate surface area is 122 Å². The van der Waals surface area contributed by atoms with Crippen LogP contribution in [0.25, 0.3) is 0 Å². The Morgan fingerprint density at radius 3 is 2.95 bits per heavy atom. The van der Waals surface area contributed by atoms with Gasteiger partial charge in [-0.25, -0.2) is 0 Å². The van der Waals surface area contributed by atoms with Gasteiger partial charge in [0.05, 0.1) is 27.3 Å². The summed E-state index contributed by atoms with van der Waals surface area (Å²) < 4.78 is 17.9. The number of ether oxygens (including phenoxy) is 1. The maximum Gasteiger partial charge on any atom is 0.0574 e. The van der Waals surface area contributed by atoms with E-state index in [2.05, 4.69) is 12.2 Å². The van der Waals surface area contributed by atoms with Gasteiger partial charge in [0.2, 0.25) is 0 Å². The summed E-state index contributed by atoms with van der Waals surface area (Å²) in [5, 5.41) is 4.01. The molecule has 1 saturated heterocycles. The SMILES string of the molecule is CCNC(CS(=O)c1ccccc1Cl)C1CCOC1. The monoisotopic (exact) mass is 301 g/mol. The Morgan fingerprint density at radius 2 is 2.32 bits per heavy atom. The molecular weight excluding hydrogens is 282 g/mol. The number of nitrogens with one attached hydrogen (secondary N) is 1. The molecule has 0 aliphatic carbocycles. The van der Waals surface area contributed by atoms with Crippen molar-refractivity contribution >= 4 is 22.4 Å². The first-order valence-corrected chi connectivity index (χ1v) is 8.36. The third-order valence-corrected chi connectivity index (χ3v) is 5.36. The van der Waals surface area contributed by atoms with E-state index in [1.807, 2.05) is 18.2 Å². The van der Waals surface area contributed by atoms with Crippen molar-refractivity contribution in [2.45, 2.75) is 24.3 Å². The molecule has 3 nitrogen and oxygen atoms in total. The first-order valence-electron chi connectivity index (χ1n) is 6.66. The lowest BCUT2D eigenvalue weighted by Gasteiger charge is -2.23. The van der Waals surface area contributed by atoms with Crippen molar-refractivity contribution in [3.8, 4) is 0 Å². The predicted octanol–water partition coefficient (Wildman–Crippen LogP) is 2.46. The summed E-state index contributed by atoms with van der Waals surface area (Å²) in [6.07, 6.45) is 1.04. The topological polar surface area (TPSA) is 38.3 Å². The second-order valence-corrected chi connectivity index (χ2v) is 6.60. The van der Waals surface area contributed by atoms with Crippen LogP contribution in [0.1, 0.15) is 13.3 Å². The van der Waals surface area contributed by atoms with Crippen molar-refractivity contribution in [2.75, 3.05) is 25.5 Å². The fourth-order valence-electron chi connectivity index (χ4n) is 2.38. The summed E-state index contributed by atoms with van der Waals surface area (Å²) in [5.74, 6) is 1.04. The molecule has 1 aliphatic rings. The molecule has 1 heterocycles. The Morgan fingerprint density at radius 1 is 1.53 bits per heavy atom. The summed E-state index contributed by atoms with van der Waals surface area (Å²) in [6, 6.07) is 7.59. The molecule has 1 fully saturated rings. The molecule has 5 heteroatoms. The lowest BCUT2D eigenvalue weighted by atomic mass is 10.0. The molecule has 0 spiro atoms. The highest BCUT2D eigenvalue weighted by Crippen LogP contribution is 2.23. The molecule has 0 radical (unpaired) electrons. The molecule has 19 heavy (non-hydrogen) atoms. The summed E-state index contributed by atoms with van der Waals surface area (Å²) in [6.45, 7) is 4.52. The van der Waals surface area contributed by atoms with Gasteiger partial charge in [0.15, 0.2) is 0 Å². The normalized spacial score (nSPS) is 22.3. The van der Waals surface area contributed by atoms with Gasteiger partial charge >= 0.3 is 0 Å². The zero-order valence-electron chi connectivity index (χ0n) is 11.1. The zero-order valence-corrected chi connectivity index (χ0v) is 12.7. The summed E-state index contributed by atoms with van der Waals surface area (Å²) >= 11 is 6.10. The van der Waals surface area contributed by atoms with Crippen LogP contribution in [0.3, 0.4) is 0 Å². The minimum atomic E-state index is -1.07. The highest BCUT2D eigenvalue weighted by Gasteiger charge is 2.27. The van der Waals surface area contributed by atoms with Gasteiger partial charge in [-0.3, -0.25) is 4.21 Å². The molecule has 0 amide bonds. The summed E-state index contributed by atoms with van der Waals surface area (Å²) in [4.78, 5) is 0.728. The van der Waals surface area contributed by atoms with E-state index in [4.69, 9.17) is 16.3 Å². The molecule has 3 atom stereocenters. The van der Waals surface area contributed by atoms with Crippen LogP contribution < -0.4 is 5.32 Å². The second kappa shape index (κ2) is 7.39. The number of hydrogen-bond acceptors (Lipinski definition) is 3. The Hall–Kier alpha value is -0.420. The van der Waals surface area contributed by atoms with Gasteiger partial charge in [0.25, 0.3) is 0 Å². The number of hydrogen-bond donors (Lipinski definition) is 1. The van der Waals surface area contributed by atoms with Crippen LogP contribution in [-0.4, -0.2) is 35.8 Å². The second-order valence-electron chi connectivity index (χ2n) is 4.73. The Bertz CT molecular complexity index is 435. The molecular formula is C14H20ClNO2S. The summed E-state index contributed by atoms with van der Waals surface area (Å²) in [5.41, 5.74) is 0. The molecule has 1 aromatic rings. The third kappa shape index (κ3) is 4.02. The Balaban J connectivity index is 2.04. The standard InChI is InChI=1S/C14H20ClNO2S/c1-2-16-13(11-7-8-18-9-11)10-19(17)14-6-4-3-5-12(14)15/h3-6,11,13,16H,2,7-10H2,1H3. The molecule has 1 N–H and O–H groups in total. The van der Waals surface area contributed by atoms with E-state index in [1.54, 1.807) is 6.07 Å². The van der Waals surface area contributed by atoms with Crippen molar-refractivity contribution in [3.63, 3.8) is 0 Å². The predicted molar refractivity (Wildman–Crippen MR) is 79.1 cm³/mol. The van der Waals surface area contributed by atoms with Crippen molar-refractivity contribution < 1.29 is 8.95 Å². The van der Waals surface area contributed by atoms with Crippen LogP contribution in [0.5, 0.6) is 0 Å². The van der Waals surface area contributed by atoms with Gasteiger partial charge in [0.1, 0.15) is 0 Å². The van der Waals surface area contributed by atoms with Crippen LogP contribution in [0, 0.1) is 5.92 Å². The van der Waals surface area contributed by atoms with E-state index in [1.165, 1.54) is 0 Å². The smallest absolute Gasteiger partial charge is 0.0574 e. The molecule has 0 saturated carbocycles. The van der Waals surface area contributed by atoms with Gasteiger partial charge in [-0.2, -0.15) is 0 Å². The summed E-state index contributed by atoms with van der Waals surface area (Å²) in [7, 11) is -1.07. The van der Waals surface area contributed by atoms with E-state index in [-0.39, 0.29) is 6.04 Å². The lowest BCUT2D eigenvalue weighted by molar-refractivity contribution is 0.179. The van der Waals surface area contributed by atoms with Crippen LogP contribution in [0.2, 0.25) is 5.02 Å². The number of benzene rings is 1. The Kier molecular flexibility index (Phi) is 5.82. The number of rotatable bonds is 6. The van der Waals surface area contributed by atoms with Gasteiger partial charge in [-0.15, -0.1) is 0 Å². The maximum absolute atomic E-state index is 12.5. The van der Waals surface area contributed by atoms with Gasteiger partial charge < -0.3 is 10.1 Å². The zero-order chi connectivity index (χ0) is 13.7. The van der Waals surface area contributed by atoms with E-state index < -0.39 is 10.8 Å². The fourth-order valence-corrected chi connectivity index (χ4v) is 4.18. The molecule has 0 aromatic heterocycles. The quantitative estimate of drug-likeness (QED) is 0.877. The van der Waals surface area contributed by atoms with Crippen LogP contribution in [0.4, 0.5) is 0 Å². The molecule has 1 aromatic carbocycles. The fraction of sp³-hybridized carbons (Fsp3) is 0.571. The molecule has 2 rings (SSSR count). The molecule has 0 bridgehead atoms. The maximum atomic E-state index is 12.5. The van der Waals surface area contributed by atoms with Gasteiger partial charge in [0, 0.05) is 24.3 Å². The highest BCUT2D eigenvalue weighted by atomic mass is 35.5. The van der Waals surface area contributed by atoms with Crippen LogP contribution >= 0.6 is 11.6 Å². The van der Waals surface area contributed by atoms with E-state index in [0.717, 1.165) is 31.1 Å². The third-order valence-electron chi connectivity index (χ3n) is 3.41. The van der Waals surface area contributed by atoms with Crippen molar-refractivity contribution in [1.29, 1.82) is 0 Å². The van der Waals surface area contributed by atoms with Gasteiger partial charge in [-0.1, -0.05) is 30.7 Å². The van der Waals surface area contributed by atoms with Gasteiger partial charge in [-0.05, 0) is 25.1 Å². The largest absolute Gasteiger partial charge is 0.381 e. The highest BCUT2D eigenvalue weighted by molar-refractivity contribution is 7.85. The van der Waals surface area contributed by atoms with E-state index in [9.17, 15) is 4.21 Å². The molecule has 106 valence electrons. The lowest BCUT2D eigenvalue weighted by Crippen LogP contribution is -2.40. The first kappa shape index (κ1) is 15.0. The first-order chi connectivity index (χ1) is 9.22. The van der Waals surface area contributed by atoms with Crippen molar-refractivity contribution in [3.05, 3.63) is 29.3 Å². The van der Waals surface area contributed by atoms with Crippen LogP contribution in [-0.2, 0) is 15.5 Å². The van der Waals surface area contributed by atoms with Crippen molar-refractivity contribution in [2.24, 2.45) is 5.92 Å². The molecule has 1 aliphatic heterocycles. The average Bonchev–Trinajstić information content (AvgIpc) is 2.92. The molecule has 3 unspecified atom stereocenters. The average molecular weight is 302 g/mol. The van der Waals surface area contributed by atoms with Crippen LogP contribution in [0.15, 0.2) is 29.2 Å². The minimum Gasteiger partial charge on any atom is -0.381 e. The number of halogens is 1. The van der Waals surface area contributed by atoms with E-state index >= 15 is 0 Å². The van der Waals surface area contributed by atoms with E-state index in [0.29, 0.717) is 16.7 Å². The minimum absolute atomic E-state index is 0.226. The van der Waals surface area contributed by atoms with Crippen molar-refractivity contribution in [1.82, 2.24) is 5.32 Å².